The summed E-state index contributed by atoms with van der Waals surface area (Å²) >= 11 is 6.94. The number of nitrogen functional groups attached to an aromatic ring is 1. The maximum atomic E-state index is 11.9. The van der Waals surface area contributed by atoms with Gasteiger partial charge in [0.1, 0.15) is 0 Å². The Labute approximate surface area is 113 Å². The zero-order valence-electron chi connectivity index (χ0n) is 9.11. The number of hydrogen-bond donors (Lipinski definition) is 2. The van der Waals surface area contributed by atoms with Gasteiger partial charge in [0.2, 0.25) is 0 Å². The van der Waals surface area contributed by atoms with E-state index in [1.165, 1.54) is 17.4 Å². The van der Waals surface area contributed by atoms with E-state index in [9.17, 15) is 4.79 Å². The average Bonchev–Trinajstić information content (AvgIpc) is 2.78. The van der Waals surface area contributed by atoms with Crippen molar-refractivity contribution in [3.05, 3.63) is 45.1 Å². The molecule has 3 N–H and O–H groups in total. The average molecular weight is 278 g/mol. The van der Waals surface area contributed by atoms with Crippen LogP contribution in [0.2, 0.25) is 4.34 Å². The topological polar surface area (TPSA) is 78.9 Å². The van der Waals surface area contributed by atoms with E-state index in [1.807, 2.05) is 6.07 Å². The minimum atomic E-state index is -0.275. The molecule has 0 saturated heterocycles. The predicted molar refractivity (Wildman–Crippen MR) is 72.9 cm³/mol. The van der Waals surface area contributed by atoms with Gasteiger partial charge in [-0.25, -0.2) is 0 Å². The number of carbonyl (C=O) groups excluding carboxylic acids is 1. The molecule has 0 unspecified atom stereocenters. The molecule has 2 aromatic rings. The highest BCUT2D eigenvalue weighted by atomic mass is 35.5. The second kappa shape index (κ2) is 5.08. The number of nitrogens with zero attached hydrogens (tertiary/aromatic N) is 1. The first-order chi connectivity index (χ1) is 8.60. The van der Waals surface area contributed by atoms with Gasteiger partial charge in [0.15, 0.2) is 0 Å². The molecule has 0 radical (unpaired) electrons. The van der Waals surface area contributed by atoms with Crippen LogP contribution in [0.1, 0.15) is 15.2 Å². The fraction of sp³-hybridized carbons (Fsp3) is 0. The first kappa shape index (κ1) is 12.4. The lowest BCUT2D eigenvalue weighted by molar-refractivity contribution is 0.103. The van der Waals surface area contributed by atoms with Crippen LogP contribution in [0.3, 0.4) is 0 Å². The molecular weight excluding hydrogens is 270 g/mol. The van der Waals surface area contributed by atoms with Crippen molar-refractivity contribution in [3.8, 4) is 6.07 Å². The largest absolute Gasteiger partial charge is 0.397 e. The maximum Gasteiger partial charge on any atom is 0.265 e. The monoisotopic (exact) mass is 277 g/mol. The molecule has 0 saturated carbocycles. The number of hydrogen-bond acceptors (Lipinski definition) is 4. The summed E-state index contributed by atoms with van der Waals surface area (Å²) in [6.45, 7) is 0. The Kier molecular flexibility index (Phi) is 3.51. The van der Waals surface area contributed by atoms with Crippen LogP contribution in [0.25, 0.3) is 0 Å². The van der Waals surface area contributed by atoms with Gasteiger partial charge in [-0.2, -0.15) is 5.26 Å². The number of nitrogens with two attached hydrogens (primary N) is 1. The lowest BCUT2D eigenvalue weighted by Gasteiger charge is -2.06. The minimum absolute atomic E-state index is 0.275. The Morgan fingerprint density at radius 3 is 2.72 bits per heavy atom. The van der Waals surface area contributed by atoms with E-state index < -0.39 is 0 Å². The van der Waals surface area contributed by atoms with Crippen LogP contribution in [-0.2, 0) is 0 Å². The van der Waals surface area contributed by atoms with E-state index >= 15 is 0 Å². The Balaban J connectivity index is 2.20. The highest BCUT2D eigenvalue weighted by molar-refractivity contribution is 7.18. The van der Waals surface area contributed by atoms with E-state index in [-0.39, 0.29) is 5.91 Å². The fourth-order valence-electron chi connectivity index (χ4n) is 1.37. The van der Waals surface area contributed by atoms with Gasteiger partial charge >= 0.3 is 0 Å². The number of carbonyl (C=O) groups is 1. The third-order valence-corrected chi connectivity index (χ3v) is 3.46. The lowest BCUT2D eigenvalue weighted by atomic mass is 10.2. The summed E-state index contributed by atoms with van der Waals surface area (Å²) in [6, 6.07) is 9.97. The molecule has 1 aromatic carbocycles. The summed E-state index contributed by atoms with van der Waals surface area (Å²) in [4.78, 5) is 12.4. The third kappa shape index (κ3) is 2.62. The van der Waals surface area contributed by atoms with Crippen molar-refractivity contribution < 1.29 is 4.79 Å². The van der Waals surface area contributed by atoms with E-state index in [2.05, 4.69) is 5.32 Å². The molecule has 6 heteroatoms. The normalized spacial score (nSPS) is 9.78. The van der Waals surface area contributed by atoms with Crippen molar-refractivity contribution >= 4 is 40.2 Å². The van der Waals surface area contributed by atoms with Gasteiger partial charge in [-0.05, 0) is 30.3 Å². The van der Waals surface area contributed by atoms with Gasteiger partial charge in [-0.15, -0.1) is 11.3 Å². The van der Waals surface area contributed by atoms with Crippen LogP contribution in [0.4, 0.5) is 11.4 Å². The molecule has 0 aliphatic heterocycles. The molecule has 90 valence electrons. The number of anilines is 2. The van der Waals surface area contributed by atoms with Gasteiger partial charge in [0.25, 0.3) is 5.91 Å². The summed E-state index contributed by atoms with van der Waals surface area (Å²) in [7, 11) is 0. The van der Waals surface area contributed by atoms with E-state index in [1.54, 1.807) is 24.3 Å². The van der Waals surface area contributed by atoms with Crippen LogP contribution >= 0.6 is 22.9 Å². The number of halogens is 1. The Hall–Kier alpha value is -2.03. The summed E-state index contributed by atoms with van der Waals surface area (Å²) in [6.07, 6.45) is 0. The van der Waals surface area contributed by atoms with Crippen molar-refractivity contribution in [1.29, 1.82) is 5.26 Å². The molecule has 0 atom stereocenters. The van der Waals surface area contributed by atoms with Crippen LogP contribution in [0.5, 0.6) is 0 Å². The Bertz CT molecular complexity index is 645. The van der Waals surface area contributed by atoms with Gasteiger partial charge in [-0.1, -0.05) is 11.6 Å². The molecule has 18 heavy (non-hydrogen) atoms. The fourth-order valence-corrected chi connectivity index (χ4v) is 2.30. The van der Waals surface area contributed by atoms with Gasteiger partial charge in [-0.3, -0.25) is 4.79 Å². The zero-order chi connectivity index (χ0) is 13.1. The van der Waals surface area contributed by atoms with Crippen molar-refractivity contribution in [3.63, 3.8) is 0 Å². The van der Waals surface area contributed by atoms with Crippen LogP contribution < -0.4 is 11.1 Å². The second-order valence-electron chi connectivity index (χ2n) is 3.47. The van der Waals surface area contributed by atoms with Crippen LogP contribution in [0, 0.1) is 11.3 Å². The highest BCUT2D eigenvalue weighted by Gasteiger charge is 2.10. The molecule has 0 aliphatic carbocycles. The molecule has 1 aromatic heterocycles. The zero-order valence-corrected chi connectivity index (χ0v) is 10.7. The molecule has 0 bridgehead atoms. The molecule has 1 heterocycles. The summed E-state index contributed by atoms with van der Waals surface area (Å²) < 4.78 is 0.549. The molecule has 0 fully saturated rings. The van der Waals surface area contributed by atoms with Crippen LogP contribution in [-0.4, -0.2) is 5.91 Å². The number of rotatable bonds is 2. The van der Waals surface area contributed by atoms with E-state index in [4.69, 9.17) is 22.6 Å². The molecule has 1 amide bonds. The van der Waals surface area contributed by atoms with Gasteiger partial charge in [0, 0.05) is 0 Å². The Morgan fingerprint density at radius 2 is 2.17 bits per heavy atom. The maximum absolute atomic E-state index is 11.9. The molecular formula is C12H8ClN3OS. The smallest absolute Gasteiger partial charge is 0.265 e. The molecule has 0 spiro atoms. The third-order valence-electron chi connectivity index (χ3n) is 2.23. The van der Waals surface area contributed by atoms with Crippen molar-refractivity contribution in [1.82, 2.24) is 0 Å². The van der Waals surface area contributed by atoms with Crippen LogP contribution in [0.15, 0.2) is 30.3 Å². The molecule has 2 rings (SSSR count). The number of thiophene rings is 1. The Morgan fingerprint density at radius 1 is 1.39 bits per heavy atom. The lowest BCUT2D eigenvalue weighted by Crippen LogP contribution is -2.11. The summed E-state index contributed by atoms with van der Waals surface area (Å²) in [5.74, 6) is -0.275. The van der Waals surface area contributed by atoms with Crippen molar-refractivity contribution in [2.24, 2.45) is 0 Å². The SMILES string of the molecule is N#Cc1ccc(NC(=O)c2ccc(Cl)s2)c(N)c1. The highest BCUT2D eigenvalue weighted by Crippen LogP contribution is 2.24. The summed E-state index contributed by atoms with van der Waals surface area (Å²) in [5, 5.41) is 11.4. The second-order valence-corrected chi connectivity index (χ2v) is 5.19. The number of benzene rings is 1. The van der Waals surface area contributed by atoms with E-state index in [0.29, 0.717) is 26.2 Å². The first-order valence-electron chi connectivity index (χ1n) is 4.96. The van der Waals surface area contributed by atoms with Crippen molar-refractivity contribution in [2.45, 2.75) is 0 Å². The number of nitriles is 1. The predicted octanol–water partition coefficient (Wildman–Crippen LogP) is 3.11. The molecule has 4 nitrogen and oxygen atoms in total. The number of amides is 1. The number of nitrogens with one attached hydrogen (secondary N) is 1. The van der Waals surface area contributed by atoms with Gasteiger partial charge < -0.3 is 11.1 Å². The summed E-state index contributed by atoms with van der Waals surface area (Å²) in [5.41, 5.74) is 7.02. The quantitative estimate of drug-likeness (QED) is 0.828. The molecule has 0 aliphatic rings. The standard InChI is InChI=1S/C12H8ClN3OS/c13-11-4-3-10(18-11)12(17)16-9-2-1-7(6-14)5-8(9)15/h1-5H,15H2,(H,16,17). The van der Waals surface area contributed by atoms with Crippen molar-refractivity contribution in [2.75, 3.05) is 11.1 Å². The van der Waals surface area contributed by atoms with E-state index in [0.717, 1.165) is 0 Å². The first-order valence-corrected chi connectivity index (χ1v) is 6.16. The minimum Gasteiger partial charge on any atom is -0.397 e. The van der Waals surface area contributed by atoms with Gasteiger partial charge in [0.05, 0.1) is 32.2 Å².